The van der Waals surface area contributed by atoms with Crippen LogP contribution in [-0.4, -0.2) is 23.1 Å². The molecule has 1 saturated heterocycles. The number of piperidine rings is 1. The van der Waals surface area contributed by atoms with Crippen molar-refractivity contribution in [3.8, 4) is 11.3 Å². The second kappa shape index (κ2) is 6.40. The summed E-state index contributed by atoms with van der Waals surface area (Å²) in [6, 6.07) is 14.3. The van der Waals surface area contributed by atoms with Crippen LogP contribution in [0.3, 0.4) is 0 Å². The standard InChI is InChI=1S/C20H20ClN3/c1-14-5-10-18-17(13-14)19(15-6-8-16(21)9-7-15)23-20(22-18)24-11-3-2-4-12-24/h5-10,13H,2-4,11-12H2,1H3. The molecule has 0 N–H and O–H groups in total. The summed E-state index contributed by atoms with van der Waals surface area (Å²) in [5.74, 6) is 0.844. The van der Waals surface area contributed by atoms with Gasteiger partial charge in [-0.05, 0) is 50.5 Å². The van der Waals surface area contributed by atoms with Crippen LogP contribution in [0.15, 0.2) is 42.5 Å². The number of anilines is 1. The fourth-order valence-corrected chi connectivity index (χ4v) is 3.42. The Labute approximate surface area is 147 Å². The van der Waals surface area contributed by atoms with Gasteiger partial charge in [-0.1, -0.05) is 35.4 Å². The second-order valence-corrected chi connectivity index (χ2v) is 6.88. The Morgan fingerprint density at radius 1 is 0.917 bits per heavy atom. The summed E-state index contributed by atoms with van der Waals surface area (Å²) in [5, 5.41) is 1.84. The minimum Gasteiger partial charge on any atom is -0.341 e. The fraction of sp³-hybridized carbons (Fsp3) is 0.300. The molecule has 4 heteroatoms. The Hall–Kier alpha value is -2.13. The zero-order valence-corrected chi connectivity index (χ0v) is 14.6. The molecule has 4 rings (SSSR count). The van der Waals surface area contributed by atoms with Gasteiger partial charge in [-0.15, -0.1) is 0 Å². The number of fused-ring (bicyclic) bond motifs is 1. The Morgan fingerprint density at radius 2 is 1.67 bits per heavy atom. The largest absolute Gasteiger partial charge is 0.341 e. The predicted octanol–water partition coefficient (Wildman–Crippen LogP) is 5.25. The van der Waals surface area contributed by atoms with Crippen molar-refractivity contribution in [3.63, 3.8) is 0 Å². The summed E-state index contributed by atoms with van der Waals surface area (Å²) in [6.45, 7) is 4.18. The van der Waals surface area contributed by atoms with Gasteiger partial charge in [-0.2, -0.15) is 0 Å². The van der Waals surface area contributed by atoms with Gasteiger partial charge in [0, 0.05) is 29.1 Å². The van der Waals surface area contributed by atoms with Gasteiger partial charge >= 0.3 is 0 Å². The molecule has 3 nitrogen and oxygen atoms in total. The number of aryl methyl sites for hydroxylation is 1. The number of rotatable bonds is 2. The third-order valence-corrected chi connectivity index (χ3v) is 4.85. The van der Waals surface area contributed by atoms with Gasteiger partial charge in [0.05, 0.1) is 11.2 Å². The van der Waals surface area contributed by atoms with E-state index in [0.29, 0.717) is 0 Å². The van der Waals surface area contributed by atoms with Crippen LogP contribution in [0, 0.1) is 6.92 Å². The molecule has 0 aliphatic carbocycles. The van der Waals surface area contributed by atoms with Crippen molar-refractivity contribution in [1.82, 2.24) is 9.97 Å². The normalized spacial score (nSPS) is 15.0. The highest BCUT2D eigenvalue weighted by atomic mass is 35.5. The molecule has 0 saturated carbocycles. The van der Waals surface area contributed by atoms with E-state index in [1.165, 1.54) is 24.8 Å². The molecule has 0 amide bonds. The minimum atomic E-state index is 0.740. The lowest BCUT2D eigenvalue weighted by Crippen LogP contribution is -2.31. The first kappa shape index (κ1) is 15.4. The molecule has 0 spiro atoms. The van der Waals surface area contributed by atoms with E-state index in [9.17, 15) is 0 Å². The van der Waals surface area contributed by atoms with Gasteiger partial charge in [0.25, 0.3) is 0 Å². The Morgan fingerprint density at radius 3 is 2.42 bits per heavy atom. The van der Waals surface area contributed by atoms with E-state index in [-0.39, 0.29) is 0 Å². The lowest BCUT2D eigenvalue weighted by molar-refractivity contribution is 0.569. The second-order valence-electron chi connectivity index (χ2n) is 6.45. The summed E-state index contributed by atoms with van der Waals surface area (Å²) in [6.07, 6.45) is 3.73. The third kappa shape index (κ3) is 2.96. The molecule has 1 aliphatic rings. The smallest absolute Gasteiger partial charge is 0.226 e. The van der Waals surface area contributed by atoms with E-state index in [0.717, 1.165) is 46.2 Å². The van der Waals surface area contributed by atoms with E-state index in [4.69, 9.17) is 21.6 Å². The van der Waals surface area contributed by atoms with Crippen molar-refractivity contribution in [3.05, 3.63) is 53.1 Å². The summed E-state index contributed by atoms with van der Waals surface area (Å²) in [5.41, 5.74) is 4.28. The topological polar surface area (TPSA) is 29.0 Å². The number of benzene rings is 2. The molecular weight excluding hydrogens is 318 g/mol. The maximum atomic E-state index is 6.05. The van der Waals surface area contributed by atoms with E-state index < -0.39 is 0 Å². The van der Waals surface area contributed by atoms with Gasteiger partial charge in [-0.25, -0.2) is 9.97 Å². The fourth-order valence-electron chi connectivity index (χ4n) is 3.29. The molecule has 1 aliphatic heterocycles. The zero-order chi connectivity index (χ0) is 16.5. The summed E-state index contributed by atoms with van der Waals surface area (Å²) in [7, 11) is 0. The Balaban J connectivity index is 1.90. The van der Waals surface area contributed by atoms with Crippen molar-refractivity contribution in [2.45, 2.75) is 26.2 Å². The summed E-state index contributed by atoms with van der Waals surface area (Å²) in [4.78, 5) is 12.1. The lowest BCUT2D eigenvalue weighted by atomic mass is 10.0. The van der Waals surface area contributed by atoms with Crippen molar-refractivity contribution in [2.24, 2.45) is 0 Å². The van der Waals surface area contributed by atoms with Crippen LogP contribution in [0.25, 0.3) is 22.2 Å². The molecule has 0 atom stereocenters. The van der Waals surface area contributed by atoms with Gasteiger partial charge in [-0.3, -0.25) is 0 Å². The van der Waals surface area contributed by atoms with Crippen LogP contribution in [0.2, 0.25) is 5.02 Å². The molecule has 2 aromatic carbocycles. The van der Waals surface area contributed by atoms with Crippen LogP contribution in [0.1, 0.15) is 24.8 Å². The van der Waals surface area contributed by atoms with Crippen molar-refractivity contribution in [1.29, 1.82) is 0 Å². The zero-order valence-electron chi connectivity index (χ0n) is 13.8. The minimum absolute atomic E-state index is 0.740. The van der Waals surface area contributed by atoms with Crippen LogP contribution in [0.5, 0.6) is 0 Å². The summed E-state index contributed by atoms with van der Waals surface area (Å²) >= 11 is 6.05. The maximum absolute atomic E-state index is 6.05. The maximum Gasteiger partial charge on any atom is 0.226 e. The number of hydrogen-bond donors (Lipinski definition) is 0. The molecule has 1 aromatic heterocycles. The molecule has 122 valence electrons. The van der Waals surface area contributed by atoms with Gasteiger partial charge in [0.2, 0.25) is 5.95 Å². The van der Waals surface area contributed by atoms with Gasteiger partial charge in [0.1, 0.15) is 0 Å². The van der Waals surface area contributed by atoms with Gasteiger partial charge < -0.3 is 4.90 Å². The van der Waals surface area contributed by atoms with E-state index in [2.05, 4.69) is 30.0 Å². The highest BCUT2D eigenvalue weighted by Crippen LogP contribution is 2.30. The van der Waals surface area contributed by atoms with E-state index in [1.807, 2.05) is 24.3 Å². The average Bonchev–Trinajstić information content (AvgIpc) is 2.62. The molecule has 0 unspecified atom stereocenters. The highest BCUT2D eigenvalue weighted by molar-refractivity contribution is 6.30. The quantitative estimate of drug-likeness (QED) is 0.639. The van der Waals surface area contributed by atoms with Gasteiger partial charge in [0.15, 0.2) is 0 Å². The van der Waals surface area contributed by atoms with Crippen molar-refractivity contribution >= 4 is 28.5 Å². The van der Waals surface area contributed by atoms with Crippen LogP contribution in [0.4, 0.5) is 5.95 Å². The molecule has 0 bridgehead atoms. The van der Waals surface area contributed by atoms with Crippen LogP contribution >= 0.6 is 11.6 Å². The number of halogens is 1. The SMILES string of the molecule is Cc1ccc2nc(N3CCCCC3)nc(-c3ccc(Cl)cc3)c2c1. The van der Waals surface area contributed by atoms with E-state index >= 15 is 0 Å². The first-order chi connectivity index (χ1) is 11.7. The van der Waals surface area contributed by atoms with Crippen LogP contribution < -0.4 is 4.90 Å². The first-order valence-corrected chi connectivity index (χ1v) is 8.88. The monoisotopic (exact) mass is 337 g/mol. The van der Waals surface area contributed by atoms with Crippen molar-refractivity contribution in [2.75, 3.05) is 18.0 Å². The molecule has 0 radical (unpaired) electrons. The first-order valence-electron chi connectivity index (χ1n) is 8.50. The Kier molecular flexibility index (Phi) is 4.11. The number of aromatic nitrogens is 2. The molecule has 2 heterocycles. The lowest BCUT2D eigenvalue weighted by Gasteiger charge is -2.27. The third-order valence-electron chi connectivity index (χ3n) is 4.60. The molecule has 3 aromatic rings. The highest BCUT2D eigenvalue weighted by Gasteiger charge is 2.17. The molecule has 1 fully saturated rings. The van der Waals surface area contributed by atoms with Crippen LogP contribution in [-0.2, 0) is 0 Å². The summed E-state index contributed by atoms with van der Waals surface area (Å²) < 4.78 is 0. The van der Waals surface area contributed by atoms with Crippen molar-refractivity contribution < 1.29 is 0 Å². The number of nitrogens with zero attached hydrogens (tertiary/aromatic N) is 3. The molecular formula is C20H20ClN3. The average molecular weight is 338 g/mol. The number of hydrogen-bond acceptors (Lipinski definition) is 3. The molecule has 24 heavy (non-hydrogen) atoms. The van der Waals surface area contributed by atoms with E-state index in [1.54, 1.807) is 0 Å². The predicted molar refractivity (Wildman–Crippen MR) is 101 cm³/mol. The Bertz CT molecular complexity index is 868.